The summed E-state index contributed by atoms with van der Waals surface area (Å²) in [6.45, 7) is 4.13. The molecule has 0 spiro atoms. The number of allylic oxidation sites excluding steroid dienone is 2. The molecule has 0 amide bonds. The maximum absolute atomic E-state index is 9.37. The van der Waals surface area contributed by atoms with Crippen molar-refractivity contribution in [3.63, 3.8) is 0 Å². The molecule has 1 fully saturated rings. The summed E-state index contributed by atoms with van der Waals surface area (Å²) in [6.07, 6.45) is 8.45. The molecule has 4 nitrogen and oxygen atoms in total. The third-order valence-corrected chi connectivity index (χ3v) is 4.73. The number of hydrogen-bond donors (Lipinski definition) is 1. The highest BCUT2D eigenvalue weighted by Gasteiger charge is 2.27. The minimum absolute atomic E-state index is 0.299. The van der Waals surface area contributed by atoms with E-state index >= 15 is 0 Å². The molecule has 1 unspecified atom stereocenters. The highest BCUT2D eigenvalue weighted by molar-refractivity contribution is 5.89. The van der Waals surface area contributed by atoms with Crippen molar-refractivity contribution in [1.29, 1.82) is 0 Å². The second-order valence-corrected chi connectivity index (χ2v) is 6.05. The first-order valence-electron chi connectivity index (χ1n) is 8.28. The zero-order valence-corrected chi connectivity index (χ0v) is 13.1. The fourth-order valence-electron chi connectivity index (χ4n) is 3.49. The molecule has 1 aliphatic heterocycles. The van der Waals surface area contributed by atoms with Crippen LogP contribution in [0.3, 0.4) is 0 Å². The molecule has 0 saturated carbocycles. The predicted molar refractivity (Wildman–Crippen MR) is 90.8 cm³/mol. The van der Waals surface area contributed by atoms with E-state index in [0.717, 1.165) is 57.6 Å². The van der Waals surface area contributed by atoms with E-state index in [1.165, 1.54) is 5.69 Å². The van der Waals surface area contributed by atoms with Gasteiger partial charge in [-0.05, 0) is 37.8 Å². The van der Waals surface area contributed by atoms with E-state index in [9.17, 15) is 5.21 Å². The summed E-state index contributed by atoms with van der Waals surface area (Å²) in [5.74, 6) is 0. The topological polar surface area (TPSA) is 39.1 Å². The fraction of sp³-hybridized carbons (Fsp3) is 0.500. The van der Waals surface area contributed by atoms with Gasteiger partial charge in [0.2, 0.25) is 0 Å². The Labute approximate surface area is 132 Å². The van der Waals surface area contributed by atoms with Gasteiger partial charge in [-0.1, -0.05) is 35.5 Å². The molecular formula is C18H25N3O. The van der Waals surface area contributed by atoms with Crippen molar-refractivity contribution in [1.82, 2.24) is 4.90 Å². The van der Waals surface area contributed by atoms with E-state index in [1.807, 2.05) is 0 Å². The Morgan fingerprint density at radius 2 is 1.68 bits per heavy atom. The average Bonchev–Trinajstić information content (AvgIpc) is 2.56. The number of para-hydroxylation sites is 1. The molecule has 22 heavy (non-hydrogen) atoms. The molecule has 118 valence electrons. The predicted octanol–water partition coefficient (Wildman–Crippen LogP) is 3.14. The number of piperazine rings is 1. The summed E-state index contributed by atoms with van der Waals surface area (Å²) in [7, 11) is 0. The second kappa shape index (κ2) is 7.45. The molecule has 1 atom stereocenters. The molecule has 1 N–H and O–H groups in total. The van der Waals surface area contributed by atoms with Crippen LogP contribution in [-0.4, -0.2) is 48.0 Å². The lowest BCUT2D eigenvalue weighted by Gasteiger charge is -2.40. The SMILES string of the molecule is O/N=C1\CC/C=C\CCC1N1CCN(c2ccccc2)CC1. The van der Waals surface area contributed by atoms with Gasteiger partial charge in [-0.3, -0.25) is 4.90 Å². The number of anilines is 1. The van der Waals surface area contributed by atoms with E-state index in [-0.39, 0.29) is 0 Å². The number of hydrogen-bond acceptors (Lipinski definition) is 4. The van der Waals surface area contributed by atoms with Gasteiger partial charge in [-0.2, -0.15) is 0 Å². The lowest BCUT2D eigenvalue weighted by atomic mass is 9.96. The van der Waals surface area contributed by atoms with Gasteiger partial charge in [0, 0.05) is 31.9 Å². The zero-order valence-electron chi connectivity index (χ0n) is 13.1. The molecule has 2 aliphatic rings. The van der Waals surface area contributed by atoms with Crippen LogP contribution in [0.4, 0.5) is 5.69 Å². The normalized spacial score (nSPS) is 27.4. The van der Waals surface area contributed by atoms with E-state index in [2.05, 4.69) is 57.4 Å². The van der Waals surface area contributed by atoms with E-state index in [1.54, 1.807) is 0 Å². The molecule has 1 aliphatic carbocycles. The van der Waals surface area contributed by atoms with Crippen LogP contribution < -0.4 is 4.90 Å². The Kier molecular flexibility index (Phi) is 5.11. The smallest absolute Gasteiger partial charge is 0.0745 e. The summed E-state index contributed by atoms with van der Waals surface area (Å²) < 4.78 is 0. The number of benzene rings is 1. The largest absolute Gasteiger partial charge is 0.411 e. The highest BCUT2D eigenvalue weighted by Crippen LogP contribution is 2.21. The molecular weight excluding hydrogens is 274 g/mol. The Morgan fingerprint density at radius 1 is 0.955 bits per heavy atom. The molecule has 4 heteroatoms. The second-order valence-electron chi connectivity index (χ2n) is 6.05. The quantitative estimate of drug-likeness (QED) is 0.518. The van der Waals surface area contributed by atoms with Crippen LogP contribution >= 0.6 is 0 Å². The number of oxime groups is 1. The van der Waals surface area contributed by atoms with Crippen molar-refractivity contribution in [2.24, 2.45) is 5.16 Å². The van der Waals surface area contributed by atoms with Gasteiger partial charge in [-0.25, -0.2) is 0 Å². The summed E-state index contributed by atoms with van der Waals surface area (Å²) in [4.78, 5) is 4.93. The Morgan fingerprint density at radius 3 is 2.41 bits per heavy atom. The first-order valence-corrected chi connectivity index (χ1v) is 8.28. The van der Waals surface area contributed by atoms with Crippen molar-refractivity contribution in [2.75, 3.05) is 31.1 Å². The lowest BCUT2D eigenvalue weighted by Crippen LogP contribution is -2.52. The number of nitrogens with zero attached hydrogens (tertiary/aromatic N) is 3. The van der Waals surface area contributed by atoms with Crippen LogP contribution in [0.2, 0.25) is 0 Å². The van der Waals surface area contributed by atoms with Crippen LogP contribution in [0.25, 0.3) is 0 Å². The molecule has 1 saturated heterocycles. The van der Waals surface area contributed by atoms with Gasteiger partial charge < -0.3 is 10.1 Å². The third kappa shape index (κ3) is 3.50. The summed E-state index contributed by atoms with van der Waals surface area (Å²) in [5.41, 5.74) is 2.26. The molecule has 3 rings (SSSR count). The summed E-state index contributed by atoms with van der Waals surface area (Å²) in [6, 6.07) is 10.9. The number of rotatable bonds is 2. The Bertz CT molecular complexity index is 518. The first kappa shape index (κ1) is 15.1. The molecule has 1 aromatic rings. The highest BCUT2D eigenvalue weighted by atomic mass is 16.4. The van der Waals surface area contributed by atoms with Crippen molar-refractivity contribution >= 4 is 11.4 Å². The molecule has 1 aromatic carbocycles. The van der Waals surface area contributed by atoms with E-state index in [0.29, 0.717) is 6.04 Å². The van der Waals surface area contributed by atoms with E-state index < -0.39 is 0 Å². The van der Waals surface area contributed by atoms with Crippen LogP contribution in [0.15, 0.2) is 47.6 Å². The maximum atomic E-state index is 9.37. The fourth-order valence-corrected chi connectivity index (χ4v) is 3.49. The van der Waals surface area contributed by atoms with Crippen molar-refractivity contribution in [3.8, 4) is 0 Å². The van der Waals surface area contributed by atoms with Gasteiger partial charge in [0.15, 0.2) is 0 Å². The lowest BCUT2D eigenvalue weighted by molar-refractivity contribution is 0.211. The van der Waals surface area contributed by atoms with Gasteiger partial charge in [0.05, 0.1) is 11.8 Å². The third-order valence-electron chi connectivity index (χ3n) is 4.73. The van der Waals surface area contributed by atoms with Crippen LogP contribution in [0.5, 0.6) is 0 Å². The standard InChI is InChI=1S/C18H25N3O/c22-19-17-10-6-1-2-7-11-18(17)21-14-12-20(13-15-21)16-8-4-3-5-9-16/h1-5,8-9,18,22H,6-7,10-15H2/b2-1-,19-17+. The summed E-state index contributed by atoms with van der Waals surface area (Å²) in [5, 5.41) is 13.0. The van der Waals surface area contributed by atoms with Gasteiger partial charge >= 0.3 is 0 Å². The van der Waals surface area contributed by atoms with Gasteiger partial charge in [0.25, 0.3) is 0 Å². The van der Waals surface area contributed by atoms with Crippen LogP contribution in [0, 0.1) is 0 Å². The molecule has 0 aromatic heterocycles. The first-order chi connectivity index (χ1) is 10.9. The van der Waals surface area contributed by atoms with Gasteiger partial charge in [-0.15, -0.1) is 0 Å². The van der Waals surface area contributed by atoms with Crippen molar-refractivity contribution in [2.45, 2.75) is 31.7 Å². The summed E-state index contributed by atoms with van der Waals surface area (Å²) >= 11 is 0. The monoisotopic (exact) mass is 299 g/mol. The zero-order chi connectivity index (χ0) is 15.2. The van der Waals surface area contributed by atoms with Gasteiger partial charge in [0.1, 0.15) is 0 Å². The Hall–Kier alpha value is -1.81. The molecule has 0 bridgehead atoms. The average molecular weight is 299 g/mol. The van der Waals surface area contributed by atoms with E-state index in [4.69, 9.17) is 0 Å². The van der Waals surface area contributed by atoms with Crippen LogP contribution in [0.1, 0.15) is 25.7 Å². The minimum Gasteiger partial charge on any atom is -0.411 e. The maximum Gasteiger partial charge on any atom is 0.0745 e. The minimum atomic E-state index is 0.299. The van der Waals surface area contributed by atoms with Crippen LogP contribution in [-0.2, 0) is 0 Å². The Balaban J connectivity index is 1.63. The van der Waals surface area contributed by atoms with Crippen molar-refractivity contribution < 1.29 is 5.21 Å². The molecule has 1 heterocycles. The molecule has 0 radical (unpaired) electrons. The van der Waals surface area contributed by atoms with Crippen molar-refractivity contribution in [3.05, 3.63) is 42.5 Å².